The van der Waals surface area contributed by atoms with Gasteiger partial charge in [-0.2, -0.15) is 0 Å². The fourth-order valence-electron chi connectivity index (χ4n) is 3.01. The van der Waals surface area contributed by atoms with Gasteiger partial charge < -0.3 is 9.47 Å². The zero-order valence-corrected chi connectivity index (χ0v) is 15.0. The van der Waals surface area contributed by atoms with Gasteiger partial charge >= 0.3 is 0 Å². The average Bonchev–Trinajstić information content (AvgIpc) is 2.62. The van der Waals surface area contributed by atoms with Crippen LogP contribution in [0, 0.1) is 5.92 Å². The maximum Gasteiger partial charge on any atom is 0.189 e. The summed E-state index contributed by atoms with van der Waals surface area (Å²) in [4.78, 5) is 12.7. The number of carbonyl (C=O) groups is 1. The summed E-state index contributed by atoms with van der Waals surface area (Å²) in [7, 11) is 1.64. The first-order valence-electron chi connectivity index (χ1n) is 8.72. The van der Waals surface area contributed by atoms with Crippen molar-refractivity contribution < 1.29 is 14.3 Å². The third-order valence-corrected chi connectivity index (χ3v) is 4.32. The predicted octanol–water partition coefficient (Wildman–Crippen LogP) is 4.94. The van der Waals surface area contributed by atoms with Gasteiger partial charge in [-0.3, -0.25) is 4.79 Å². The molecule has 0 saturated carbocycles. The number of allylic oxidation sites excluding steroid dienone is 1. The summed E-state index contributed by atoms with van der Waals surface area (Å²) < 4.78 is 11.2. The summed E-state index contributed by atoms with van der Waals surface area (Å²) in [6, 6.07) is 13.7. The molecule has 25 heavy (non-hydrogen) atoms. The van der Waals surface area contributed by atoms with Gasteiger partial charge in [-0.15, -0.1) is 0 Å². The lowest BCUT2D eigenvalue weighted by Gasteiger charge is -2.17. The molecular weight excluding hydrogens is 312 g/mol. The number of fused-ring (bicyclic) bond motifs is 1. The SMILES string of the molecule is COc1ccc(/C=C2\CCc3ccccc3C2=O)cc1OCC(C)C. The van der Waals surface area contributed by atoms with Crippen molar-refractivity contribution in [2.75, 3.05) is 13.7 Å². The molecule has 0 saturated heterocycles. The highest BCUT2D eigenvalue weighted by Crippen LogP contribution is 2.31. The van der Waals surface area contributed by atoms with Crippen LogP contribution >= 0.6 is 0 Å². The lowest BCUT2D eigenvalue weighted by atomic mass is 9.86. The van der Waals surface area contributed by atoms with Crippen LogP contribution in [0.4, 0.5) is 0 Å². The minimum absolute atomic E-state index is 0.127. The number of rotatable bonds is 5. The average molecular weight is 336 g/mol. The summed E-state index contributed by atoms with van der Waals surface area (Å²) in [5, 5.41) is 0. The molecule has 1 aliphatic carbocycles. The molecule has 3 heteroatoms. The molecule has 2 aromatic rings. The smallest absolute Gasteiger partial charge is 0.189 e. The Kier molecular flexibility index (Phi) is 5.22. The molecule has 0 spiro atoms. The van der Waals surface area contributed by atoms with E-state index in [4.69, 9.17) is 9.47 Å². The van der Waals surface area contributed by atoms with Crippen LogP contribution in [0.3, 0.4) is 0 Å². The van der Waals surface area contributed by atoms with E-state index in [-0.39, 0.29) is 5.78 Å². The number of hydrogen-bond donors (Lipinski definition) is 0. The fraction of sp³-hybridized carbons (Fsp3) is 0.318. The summed E-state index contributed by atoms with van der Waals surface area (Å²) >= 11 is 0. The number of benzene rings is 2. The first-order chi connectivity index (χ1) is 12.1. The quantitative estimate of drug-likeness (QED) is 0.725. The minimum Gasteiger partial charge on any atom is -0.493 e. The molecule has 0 radical (unpaired) electrons. The second-order valence-corrected chi connectivity index (χ2v) is 6.77. The largest absolute Gasteiger partial charge is 0.493 e. The van der Waals surface area contributed by atoms with Crippen LogP contribution in [0.1, 0.15) is 41.8 Å². The standard InChI is InChI=1S/C22H24O3/c1-15(2)14-25-21-13-16(8-11-20(21)24-3)12-18-10-9-17-6-4-5-7-19(17)22(18)23/h4-8,11-13,15H,9-10,14H2,1-3H3/b18-12+. The number of methoxy groups -OCH3 is 1. The van der Waals surface area contributed by atoms with Crippen molar-refractivity contribution >= 4 is 11.9 Å². The zero-order chi connectivity index (χ0) is 17.8. The first-order valence-corrected chi connectivity index (χ1v) is 8.72. The topological polar surface area (TPSA) is 35.5 Å². The van der Waals surface area contributed by atoms with E-state index in [0.717, 1.165) is 35.1 Å². The summed E-state index contributed by atoms with van der Waals surface area (Å²) in [5.41, 5.74) is 3.77. The minimum atomic E-state index is 0.127. The van der Waals surface area contributed by atoms with Gasteiger partial charge in [0.1, 0.15) is 0 Å². The number of hydrogen-bond acceptors (Lipinski definition) is 3. The molecular formula is C22H24O3. The van der Waals surface area contributed by atoms with Crippen LogP contribution in [0.2, 0.25) is 0 Å². The Morgan fingerprint density at radius 2 is 1.88 bits per heavy atom. The molecule has 0 bridgehead atoms. The Balaban J connectivity index is 1.88. The van der Waals surface area contributed by atoms with Crippen molar-refractivity contribution in [1.82, 2.24) is 0 Å². The first kappa shape index (κ1) is 17.3. The summed E-state index contributed by atoms with van der Waals surface area (Å²) in [6.07, 6.45) is 3.64. The van der Waals surface area contributed by atoms with Crippen LogP contribution in [0.25, 0.3) is 6.08 Å². The highest BCUT2D eigenvalue weighted by molar-refractivity contribution is 6.13. The van der Waals surface area contributed by atoms with Crippen molar-refractivity contribution in [3.8, 4) is 11.5 Å². The Hall–Kier alpha value is -2.55. The second kappa shape index (κ2) is 7.56. The Bertz CT molecular complexity index is 803. The molecule has 0 aromatic heterocycles. The van der Waals surface area contributed by atoms with Crippen molar-refractivity contribution in [2.45, 2.75) is 26.7 Å². The number of ether oxygens (including phenoxy) is 2. The molecule has 0 fully saturated rings. The van der Waals surface area contributed by atoms with Crippen LogP contribution in [-0.4, -0.2) is 19.5 Å². The van der Waals surface area contributed by atoms with Gasteiger partial charge in [-0.05, 0) is 48.1 Å². The van der Waals surface area contributed by atoms with Gasteiger partial charge in [-0.1, -0.05) is 44.2 Å². The van der Waals surface area contributed by atoms with Crippen LogP contribution in [0.15, 0.2) is 48.0 Å². The van der Waals surface area contributed by atoms with E-state index in [1.807, 2.05) is 48.5 Å². The zero-order valence-electron chi connectivity index (χ0n) is 15.0. The highest BCUT2D eigenvalue weighted by atomic mass is 16.5. The number of Topliss-reactive ketones (excluding diaryl/α,β-unsaturated/α-hetero) is 1. The summed E-state index contributed by atoms with van der Waals surface area (Å²) in [5.74, 6) is 1.99. The molecule has 3 nitrogen and oxygen atoms in total. The van der Waals surface area contributed by atoms with Crippen molar-refractivity contribution in [3.05, 3.63) is 64.7 Å². The molecule has 1 aliphatic rings. The van der Waals surface area contributed by atoms with Gasteiger partial charge in [0.15, 0.2) is 17.3 Å². The molecule has 0 N–H and O–H groups in total. The Labute approximate surface area is 149 Å². The van der Waals surface area contributed by atoms with Gasteiger partial charge in [0.05, 0.1) is 13.7 Å². The monoisotopic (exact) mass is 336 g/mol. The molecule has 130 valence electrons. The Morgan fingerprint density at radius 1 is 1.08 bits per heavy atom. The van der Waals surface area contributed by atoms with Crippen LogP contribution in [0.5, 0.6) is 11.5 Å². The van der Waals surface area contributed by atoms with E-state index in [1.54, 1.807) is 7.11 Å². The number of ketones is 1. The third kappa shape index (κ3) is 3.93. The van der Waals surface area contributed by atoms with E-state index < -0.39 is 0 Å². The van der Waals surface area contributed by atoms with Gasteiger partial charge in [-0.25, -0.2) is 0 Å². The maximum atomic E-state index is 12.7. The molecule has 0 heterocycles. The van der Waals surface area contributed by atoms with Gasteiger partial charge in [0.2, 0.25) is 0 Å². The molecule has 0 unspecified atom stereocenters. The fourth-order valence-corrected chi connectivity index (χ4v) is 3.01. The van der Waals surface area contributed by atoms with Crippen LogP contribution in [-0.2, 0) is 6.42 Å². The highest BCUT2D eigenvalue weighted by Gasteiger charge is 2.21. The molecule has 3 rings (SSSR count). The Morgan fingerprint density at radius 3 is 2.64 bits per heavy atom. The summed E-state index contributed by atoms with van der Waals surface area (Å²) in [6.45, 7) is 4.84. The molecule has 2 aromatic carbocycles. The number of carbonyl (C=O) groups excluding carboxylic acids is 1. The third-order valence-electron chi connectivity index (χ3n) is 4.32. The lowest BCUT2D eigenvalue weighted by Crippen LogP contribution is -2.13. The molecule has 0 aliphatic heterocycles. The van der Waals surface area contributed by atoms with E-state index >= 15 is 0 Å². The van der Waals surface area contributed by atoms with Crippen molar-refractivity contribution in [2.24, 2.45) is 5.92 Å². The van der Waals surface area contributed by atoms with Crippen molar-refractivity contribution in [1.29, 1.82) is 0 Å². The molecule has 0 atom stereocenters. The normalized spacial score (nSPS) is 15.4. The van der Waals surface area contributed by atoms with E-state index in [2.05, 4.69) is 13.8 Å². The van der Waals surface area contributed by atoms with Crippen LogP contribution < -0.4 is 9.47 Å². The predicted molar refractivity (Wildman–Crippen MR) is 100 cm³/mol. The van der Waals surface area contributed by atoms with Gasteiger partial charge in [0, 0.05) is 11.1 Å². The van der Waals surface area contributed by atoms with E-state index in [9.17, 15) is 4.79 Å². The van der Waals surface area contributed by atoms with E-state index in [0.29, 0.717) is 24.0 Å². The van der Waals surface area contributed by atoms with Crippen molar-refractivity contribution in [3.63, 3.8) is 0 Å². The number of aryl methyl sites for hydroxylation is 1. The van der Waals surface area contributed by atoms with Gasteiger partial charge in [0.25, 0.3) is 0 Å². The molecule has 0 amide bonds. The lowest BCUT2D eigenvalue weighted by molar-refractivity contribution is 0.102. The second-order valence-electron chi connectivity index (χ2n) is 6.77. The van der Waals surface area contributed by atoms with E-state index in [1.165, 1.54) is 0 Å². The maximum absolute atomic E-state index is 12.7.